The SMILES string of the molecule is CC1CN(c2cccc(C(N)=O)n2)CCO1. The zero-order chi connectivity index (χ0) is 11.5. The van der Waals surface area contributed by atoms with Crippen molar-refractivity contribution in [2.45, 2.75) is 13.0 Å². The number of nitrogens with zero attached hydrogens (tertiary/aromatic N) is 2. The molecule has 16 heavy (non-hydrogen) atoms. The molecule has 1 unspecified atom stereocenters. The molecule has 1 aliphatic rings. The summed E-state index contributed by atoms with van der Waals surface area (Å²) in [6.07, 6.45) is 0.188. The zero-order valence-electron chi connectivity index (χ0n) is 9.22. The predicted molar refractivity (Wildman–Crippen MR) is 60.4 cm³/mol. The Balaban J connectivity index is 2.19. The average molecular weight is 221 g/mol. The maximum absolute atomic E-state index is 11.0. The van der Waals surface area contributed by atoms with Crippen LogP contribution in [0.25, 0.3) is 0 Å². The lowest BCUT2D eigenvalue weighted by molar-refractivity contribution is 0.0529. The fourth-order valence-electron chi connectivity index (χ4n) is 1.76. The van der Waals surface area contributed by atoms with Gasteiger partial charge in [-0.2, -0.15) is 0 Å². The number of primary amides is 1. The number of hydrogen-bond acceptors (Lipinski definition) is 4. The minimum Gasteiger partial charge on any atom is -0.375 e. The van der Waals surface area contributed by atoms with Crippen LogP contribution in [0, 0.1) is 0 Å². The largest absolute Gasteiger partial charge is 0.375 e. The second kappa shape index (κ2) is 4.49. The number of anilines is 1. The average Bonchev–Trinajstić information content (AvgIpc) is 2.29. The Hall–Kier alpha value is -1.62. The molecule has 0 radical (unpaired) electrons. The van der Waals surface area contributed by atoms with Gasteiger partial charge in [0.2, 0.25) is 0 Å². The Morgan fingerprint density at radius 1 is 1.62 bits per heavy atom. The van der Waals surface area contributed by atoms with E-state index in [1.807, 2.05) is 13.0 Å². The Morgan fingerprint density at radius 2 is 2.44 bits per heavy atom. The van der Waals surface area contributed by atoms with Crippen molar-refractivity contribution in [3.05, 3.63) is 23.9 Å². The van der Waals surface area contributed by atoms with Crippen molar-refractivity contribution in [3.8, 4) is 0 Å². The molecule has 1 aliphatic heterocycles. The second-order valence-corrected chi connectivity index (χ2v) is 3.87. The third kappa shape index (κ3) is 2.30. The molecule has 1 fully saturated rings. The van der Waals surface area contributed by atoms with E-state index in [9.17, 15) is 4.79 Å². The lowest BCUT2D eigenvalue weighted by Crippen LogP contribution is -2.41. The maximum Gasteiger partial charge on any atom is 0.267 e. The maximum atomic E-state index is 11.0. The number of nitrogens with two attached hydrogens (primary N) is 1. The molecule has 1 saturated heterocycles. The molecule has 0 spiro atoms. The van der Waals surface area contributed by atoms with Gasteiger partial charge < -0.3 is 15.4 Å². The van der Waals surface area contributed by atoms with E-state index in [0.717, 1.165) is 18.9 Å². The zero-order valence-corrected chi connectivity index (χ0v) is 9.22. The fourth-order valence-corrected chi connectivity index (χ4v) is 1.76. The first-order chi connectivity index (χ1) is 7.66. The fraction of sp³-hybridized carbons (Fsp3) is 0.455. The summed E-state index contributed by atoms with van der Waals surface area (Å²) < 4.78 is 5.45. The van der Waals surface area contributed by atoms with Crippen molar-refractivity contribution in [2.75, 3.05) is 24.6 Å². The molecule has 0 bridgehead atoms. The molecule has 2 heterocycles. The van der Waals surface area contributed by atoms with Crippen molar-refractivity contribution < 1.29 is 9.53 Å². The van der Waals surface area contributed by atoms with Crippen LogP contribution in [0.1, 0.15) is 17.4 Å². The molecule has 1 aromatic heterocycles. The molecule has 1 atom stereocenters. The van der Waals surface area contributed by atoms with Crippen molar-refractivity contribution in [3.63, 3.8) is 0 Å². The van der Waals surface area contributed by atoms with Crippen LogP contribution in [0.15, 0.2) is 18.2 Å². The van der Waals surface area contributed by atoms with Crippen LogP contribution in [0.2, 0.25) is 0 Å². The van der Waals surface area contributed by atoms with E-state index < -0.39 is 5.91 Å². The molecule has 0 saturated carbocycles. The molecule has 2 N–H and O–H groups in total. The molecule has 0 aliphatic carbocycles. The van der Waals surface area contributed by atoms with Gasteiger partial charge in [0, 0.05) is 13.1 Å². The quantitative estimate of drug-likeness (QED) is 0.785. The van der Waals surface area contributed by atoms with E-state index in [2.05, 4.69) is 9.88 Å². The number of carbonyl (C=O) groups is 1. The summed E-state index contributed by atoms with van der Waals surface area (Å²) in [5, 5.41) is 0. The molecule has 1 amide bonds. The van der Waals surface area contributed by atoms with Crippen molar-refractivity contribution in [1.29, 1.82) is 0 Å². The molecule has 5 nitrogen and oxygen atoms in total. The number of rotatable bonds is 2. The summed E-state index contributed by atoms with van der Waals surface area (Å²) in [7, 11) is 0. The Morgan fingerprint density at radius 3 is 3.12 bits per heavy atom. The monoisotopic (exact) mass is 221 g/mol. The summed E-state index contributed by atoms with van der Waals surface area (Å²) in [6, 6.07) is 5.29. The van der Waals surface area contributed by atoms with E-state index >= 15 is 0 Å². The van der Waals surface area contributed by atoms with Gasteiger partial charge >= 0.3 is 0 Å². The van der Waals surface area contributed by atoms with Crippen LogP contribution in [0.4, 0.5) is 5.82 Å². The normalized spacial score (nSPS) is 20.8. The van der Waals surface area contributed by atoms with Crippen molar-refractivity contribution >= 4 is 11.7 Å². The van der Waals surface area contributed by atoms with Crippen molar-refractivity contribution in [2.24, 2.45) is 5.73 Å². The molecular weight excluding hydrogens is 206 g/mol. The van der Waals surface area contributed by atoms with Gasteiger partial charge in [-0.1, -0.05) is 6.07 Å². The molecular formula is C11H15N3O2. The Bertz CT molecular complexity index is 395. The summed E-state index contributed by atoms with van der Waals surface area (Å²) >= 11 is 0. The molecule has 86 valence electrons. The predicted octanol–water partition coefficient (Wildman–Crippen LogP) is 0.406. The summed E-state index contributed by atoms with van der Waals surface area (Å²) in [5.41, 5.74) is 5.50. The van der Waals surface area contributed by atoms with E-state index in [1.54, 1.807) is 12.1 Å². The lowest BCUT2D eigenvalue weighted by atomic mass is 10.2. The highest BCUT2D eigenvalue weighted by Gasteiger charge is 2.18. The number of hydrogen-bond donors (Lipinski definition) is 1. The van der Waals surface area contributed by atoms with Gasteiger partial charge in [0.25, 0.3) is 5.91 Å². The van der Waals surface area contributed by atoms with Gasteiger partial charge in [-0.05, 0) is 19.1 Å². The first-order valence-electron chi connectivity index (χ1n) is 5.30. The van der Waals surface area contributed by atoms with Crippen LogP contribution in [-0.4, -0.2) is 36.7 Å². The van der Waals surface area contributed by atoms with Crippen LogP contribution in [-0.2, 0) is 4.74 Å². The van der Waals surface area contributed by atoms with E-state index in [0.29, 0.717) is 12.3 Å². The van der Waals surface area contributed by atoms with Gasteiger partial charge in [0.1, 0.15) is 11.5 Å². The minimum atomic E-state index is -0.497. The molecule has 0 aromatic carbocycles. The van der Waals surface area contributed by atoms with Crippen molar-refractivity contribution in [1.82, 2.24) is 4.98 Å². The summed E-state index contributed by atoms with van der Waals surface area (Å²) in [4.78, 5) is 17.3. The standard InChI is InChI=1S/C11H15N3O2/c1-8-7-14(5-6-16-8)10-4-2-3-9(13-10)11(12)15/h2-4,8H,5-7H2,1H3,(H2,12,15). The van der Waals surface area contributed by atoms with Crippen LogP contribution >= 0.6 is 0 Å². The lowest BCUT2D eigenvalue weighted by Gasteiger charge is -2.32. The molecule has 5 heteroatoms. The highest BCUT2D eigenvalue weighted by molar-refractivity contribution is 5.91. The first-order valence-corrected chi connectivity index (χ1v) is 5.30. The number of morpholine rings is 1. The van der Waals surface area contributed by atoms with E-state index in [-0.39, 0.29) is 6.10 Å². The molecule has 1 aromatic rings. The number of carbonyl (C=O) groups excluding carboxylic acids is 1. The van der Waals surface area contributed by atoms with Crippen LogP contribution in [0.5, 0.6) is 0 Å². The minimum absolute atomic E-state index is 0.188. The van der Waals surface area contributed by atoms with Gasteiger partial charge in [0.15, 0.2) is 0 Å². The third-order valence-corrected chi connectivity index (χ3v) is 2.55. The topological polar surface area (TPSA) is 68.5 Å². The first kappa shape index (κ1) is 10.9. The number of aromatic nitrogens is 1. The Kier molecular flexibility index (Phi) is 3.05. The van der Waals surface area contributed by atoms with Gasteiger partial charge in [-0.25, -0.2) is 4.98 Å². The Labute approximate surface area is 94.2 Å². The highest BCUT2D eigenvalue weighted by Crippen LogP contribution is 2.15. The smallest absolute Gasteiger partial charge is 0.267 e. The number of ether oxygens (including phenoxy) is 1. The van der Waals surface area contributed by atoms with Gasteiger partial charge in [-0.15, -0.1) is 0 Å². The summed E-state index contributed by atoms with van der Waals surface area (Å²) in [5.74, 6) is 0.287. The van der Waals surface area contributed by atoms with Crippen LogP contribution < -0.4 is 10.6 Å². The van der Waals surface area contributed by atoms with Crippen LogP contribution in [0.3, 0.4) is 0 Å². The van der Waals surface area contributed by atoms with Gasteiger partial charge in [0.05, 0.1) is 12.7 Å². The van der Waals surface area contributed by atoms with E-state index in [4.69, 9.17) is 10.5 Å². The highest BCUT2D eigenvalue weighted by atomic mass is 16.5. The number of amides is 1. The van der Waals surface area contributed by atoms with Gasteiger partial charge in [-0.3, -0.25) is 4.79 Å². The molecule has 2 rings (SSSR count). The second-order valence-electron chi connectivity index (χ2n) is 3.87. The number of pyridine rings is 1. The summed E-state index contributed by atoms with van der Waals surface area (Å²) in [6.45, 7) is 4.28. The van der Waals surface area contributed by atoms with E-state index in [1.165, 1.54) is 0 Å². The third-order valence-electron chi connectivity index (χ3n) is 2.55.